The summed E-state index contributed by atoms with van der Waals surface area (Å²) in [5.74, 6) is -4.29. The highest BCUT2D eigenvalue weighted by atomic mass is 32.1. The molecule has 0 radical (unpaired) electrons. The van der Waals surface area contributed by atoms with Crippen LogP contribution in [-0.2, 0) is 0 Å². The van der Waals surface area contributed by atoms with Crippen molar-refractivity contribution in [1.82, 2.24) is 13.7 Å². The molecule has 0 saturated heterocycles. The number of nitrogens with zero attached hydrogens (tertiary/aromatic N) is 6. The van der Waals surface area contributed by atoms with Crippen LogP contribution >= 0.6 is 11.7 Å². The minimum absolute atomic E-state index is 0.0227. The maximum Gasteiger partial charge on any atom is 0.187 e. The molecule has 5 aromatic carbocycles. The second-order valence-electron chi connectivity index (χ2n) is 9.82. The van der Waals surface area contributed by atoms with Gasteiger partial charge in [0, 0.05) is 21.7 Å². The van der Waals surface area contributed by atoms with Gasteiger partial charge in [0.15, 0.2) is 23.1 Å². The molecule has 0 fully saturated rings. The average molecular weight is 595 g/mol. The van der Waals surface area contributed by atoms with Crippen molar-refractivity contribution in [1.29, 1.82) is 10.5 Å². The Hall–Kier alpha value is -6.15. The van der Waals surface area contributed by atoms with Gasteiger partial charge in [-0.05, 0) is 34.9 Å². The standard InChI is InChI=1S/C34H13F3N6S/c1-40-20-6-4-5-19(13-20)32-23-14-22(33-34(43-44-42-33)28(23)21-7-2-3-8-26(21)41-32)17-9-11-18(12-10-17)27-30(36)24(15-38)29(35)25(16-39)31(27)37/h2-14H. The van der Waals surface area contributed by atoms with E-state index in [0.29, 0.717) is 33.5 Å². The Morgan fingerprint density at radius 1 is 0.705 bits per heavy atom. The summed E-state index contributed by atoms with van der Waals surface area (Å²) in [6, 6.07) is 25.7. The van der Waals surface area contributed by atoms with Gasteiger partial charge in [-0.15, -0.1) is 0 Å². The Kier molecular flexibility index (Phi) is 6.25. The van der Waals surface area contributed by atoms with E-state index in [4.69, 9.17) is 11.6 Å². The molecule has 6 nitrogen and oxygen atoms in total. The van der Waals surface area contributed by atoms with Gasteiger partial charge in [0.25, 0.3) is 0 Å². The van der Waals surface area contributed by atoms with Crippen molar-refractivity contribution in [3.8, 4) is 45.6 Å². The Labute approximate surface area is 251 Å². The number of halogens is 3. The number of aromatic nitrogens is 3. The smallest absolute Gasteiger partial charge is 0.187 e. The van der Waals surface area contributed by atoms with Crippen LogP contribution < -0.4 is 0 Å². The fourth-order valence-corrected chi connectivity index (χ4v) is 6.02. The largest absolute Gasteiger partial charge is 0.247 e. The Morgan fingerprint density at radius 2 is 1.39 bits per heavy atom. The first kappa shape index (κ1) is 26.7. The maximum absolute atomic E-state index is 15.1. The lowest BCUT2D eigenvalue weighted by atomic mass is 9.92. The lowest BCUT2D eigenvalue weighted by Gasteiger charge is -2.14. The van der Waals surface area contributed by atoms with E-state index >= 15 is 8.78 Å². The predicted octanol–water partition coefficient (Wildman–Crippen LogP) is 9.11. The van der Waals surface area contributed by atoms with Crippen molar-refractivity contribution in [2.45, 2.75) is 0 Å². The van der Waals surface area contributed by atoms with Gasteiger partial charge in [0.2, 0.25) is 0 Å². The fraction of sp³-hybridized carbons (Fsp3) is 0. The molecule has 0 spiro atoms. The molecule has 44 heavy (non-hydrogen) atoms. The Morgan fingerprint density at radius 3 is 2.09 bits per heavy atom. The van der Waals surface area contributed by atoms with Crippen molar-refractivity contribution >= 4 is 50.1 Å². The molecule has 0 N–H and O–H groups in total. The van der Waals surface area contributed by atoms with Crippen LogP contribution in [0.4, 0.5) is 18.9 Å². The highest BCUT2D eigenvalue weighted by Gasteiger charge is 2.26. The van der Waals surface area contributed by atoms with Crippen LogP contribution in [0.2, 0.25) is 0 Å². The molecule has 0 saturated carbocycles. The molecular weight excluding hydrogens is 581 g/mol. The highest BCUT2D eigenvalue weighted by Crippen LogP contribution is 2.42. The van der Waals surface area contributed by atoms with Gasteiger partial charge in [-0.1, -0.05) is 60.7 Å². The molecule has 7 aromatic rings. The van der Waals surface area contributed by atoms with Crippen LogP contribution in [-0.4, -0.2) is 13.7 Å². The number of rotatable bonds is 3. The molecule has 2 aromatic heterocycles. The summed E-state index contributed by atoms with van der Waals surface area (Å²) in [7, 11) is 0. The number of pyridine rings is 1. The van der Waals surface area contributed by atoms with Gasteiger partial charge in [0.1, 0.15) is 34.3 Å². The molecule has 206 valence electrons. The maximum atomic E-state index is 15.1. The second-order valence-corrected chi connectivity index (χ2v) is 10.3. The summed E-state index contributed by atoms with van der Waals surface area (Å²) < 4.78 is 53.8. The highest BCUT2D eigenvalue weighted by molar-refractivity contribution is 7.00. The molecule has 0 aliphatic rings. The third-order valence-electron chi connectivity index (χ3n) is 7.47. The van der Waals surface area contributed by atoms with Crippen LogP contribution in [0.15, 0.2) is 78.9 Å². The summed E-state index contributed by atoms with van der Waals surface area (Å²) in [6.45, 7) is 7.48. The Bertz CT molecular complexity index is 2430. The summed E-state index contributed by atoms with van der Waals surface area (Å²) in [6.07, 6.45) is 0. The van der Waals surface area contributed by atoms with E-state index in [9.17, 15) is 14.9 Å². The molecule has 7 rings (SSSR count). The van der Waals surface area contributed by atoms with Gasteiger partial charge in [-0.3, -0.25) is 0 Å². The van der Waals surface area contributed by atoms with Gasteiger partial charge in [-0.25, -0.2) is 23.0 Å². The van der Waals surface area contributed by atoms with E-state index in [0.717, 1.165) is 39.0 Å². The van der Waals surface area contributed by atoms with Crippen LogP contribution in [0.25, 0.3) is 71.1 Å². The molecule has 0 aliphatic carbocycles. The van der Waals surface area contributed by atoms with Crippen LogP contribution in [0.3, 0.4) is 0 Å². The average Bonchev–Trinajstić information content (AvgIpc) is 3.55. The zero-order valence-electron chi connectivity index (χ0n) is 22.2. The van der Waals surface area contributed by atoms with Gasteiger partial charge >= 0.3 is 0 Å². The lowest BCUT2D eigenvalue weighted by Crippen LogP contribution is -2.03. The van der Waals surface area contributed by atoms with Crippen LogP contribution in [0.5, 0.6) is 0 Å². The molecule has 0 bridgehead atoms. The van der Waals surface area contributed by atoms with E-state index in [1.54, 1.807) is 30.3 Å². The molecule has 0 unspecified atom stereocenters. The molecule has 0 aliphatic heterocycles. The SMILES string of the molecule is [C-]#[N+]c1cccc(-c2nc3ccccc3c3c2cc(-c2ccc(-c4c(F)c(C#N)c(F)c(C#N)c4F)cc2)c2nsnc23)c1. The lowest BCUT2D eigenvalue weighted by molar-refractivity contribution is 0.539. The van der Waals surface area contributed by atoms with E-state index in [1.165, 1.54) is 24.3 Å². The molecular formula is C34H13F3N6S. The fourth-order valence-electron chi connectivity index (χ4n) is 5.46. The third kappa shape index (κ3) is 3.96. The summed E-state index contributed by atoms with van der Waals surface area (Å²) in [4.78, 5) is 8.54. The van der Waals surface area contributed by atoms with Crippen molar-refractivity contribution < 1.29 is 13.2 Å². The van der Waals surface area contributed by atoms with Crippen molar-refractivity contribution in [2.24, 2.45) is 0 Å². The van der Waals surface area contributed by atoms with E-state index in [1.807, 2.05) is 36.4 Å². The van der Waals surface area contributed by atoms with Crippen LogP contribution in [0.1, 0.15) is 11.1 Å². The topological polar surface area (TPSA) is 90.6 Å². The first-order chi connectivity index (χ1) is 21.4. The van der Waals surface area contributed by atoms with E-state index < -0.39 is 34.1 Å². The number of nitriles is 2. The number of fused-ring (bicyclic) bond motifs is 5. The number of hydrogen-bond donors (Lipinski definition) is 0. The number of benzene rings is 5. The molecule has 2 heterocycles. The van der Waals surface area contributed by atoms with Gasteiger partial charge < -0.3 is 0 Å². The van der Waals surface area contributed by atoms with E-state index in [-0.39, 0.29) is 5.56 Å². The molecule has 0 amide bonds. The third-order valence-corrected chi connectivity index (χ3v) is 8.00. The van der Waals surface area contributed by atoms with Crippen molar-refractivity contribution in [3.05, 3.63) is 119 Å². The zero-order valence-corrected chi connectivity index (χ0v) is 23.0. The summed E-state index contributed by atoms with van der Waals surface area (Å²) >= 11 is 1.05. The van der Waals surface area contributed by atoms with Gasteiger partial charge in [-0.2, -0.15) is 19.3 Å². The number of hydrogen-bond acceptors (Lipinski definition) is 6. The zero-order chi connectivity index (χ0) is 30.5. The summed E-state index contributed by atoms with van der Waals surface area (Å²) in [5, 5.41) is 21.0. The van der Waals surface area contributed by atoms with Crippen molar-refractivity contribution in [2.75, 3.05) is 0 Å². The van der Waals surface area contributed by atoms with Crippen molar-refractivity contribution in [3.63, 3.8) is 0 Å². The monoisotopic (exact) mass is 594 g/mol. The van der Waals surface area contributed by atoms with Crippen LogP contribution in [0, 0.1) is 46.7 Å². The normalized spacial score (nSPS) is 11.0. The number of para-hydroxylation sites is 1. The first-order valence-electron chi connectivity index (χ1n) is 13.0. The van der Waals surface area contributed by atoms with Gasteiger partial charge in [0.05, 0.1) is 35.1 Å². The molecule has 0 atom stereocenters. The molecule has 10 heteroatoms. The quantitative estimate of drug-likeness (QED) is 0.150. The van der Waals surface area contributed by atoms with E-state index in [2.05, 4.69) is 13.6 Å². The predicted molar refractivity (Wildman–Crippen MR) is 162 cm³/mol. The summed E-state index contributed by atoms with van der Waals surface area (Å²) in [5.41, 5.74) is 2.53. The minimum atomic E-state index is -1.53. The minimum Gasteiger partial charge on any atom is -0.247 e. The second kappa shape index (κ2) is 10.3. The Balaban J connectivity index is 1.49. The first-order valence-corrected chi connectivity index (χ1v) is 13.7.